The van der Waals surface area contributed by atoms with Crippen molar-refractivity contribution in [3.63, 3.8) is 0 Å². The predicted octanol–water partition coefficient (Wildman–Crippen LogP) is 3.07. The summed E-state index contributed by atoms with van der Waals surface area (Å²) in [6.45, 7) is 4.19. The first kappa shape index (κ1) is 15.2. The molecule has 0 aliphatic heterocycles. The van der Waals surface area contributed by atoms with Crippen LogP contribution in [-0.2, 0) is 0 Å². The number of hydrogen-bond acceptors (Lipinski definition) is 5. The van der Waals surface area contributed by atoms with Gasteiger partial charge in [-0.2, -0.15) is 11.3 Å². The molecule has 0 bridgehead atoms. The fourth-order valence-corrected chi connectivity index (χ4v) is 3.49. The average molecular weight is 310 g/mol. The Balaban J connectivity index is 1.96. The normalized spacial score (nSPS) is 12.3. The third-order valence-corrected chi connectivity index (χ3v) is 4.74. The van der Waals surface area contributed by atoms with Gasteiger partial charge >= 0.3 is 0 Å². The third kappa shape index (κ3) is 3.88. The van der Waals surface area contributed by atoms with Crippen LogP contribution < -0.4 is 5.32 Å². The fourth-order valence-electron chi connectivity index (χ4n) is 1.80. The van der Waals surface area contributed by atoms with E-state index in [4.69, 9.17) is 5.11 Å². The van der Waals surface area contributed by atoms with E-state index in [0.717, 1.165) is 22.7 Å². The van der Waals surface area contributed by atoms with E-state index in [1.54, 1.807) is 18.3 Å². The number of amides is 1. The molecule has 4 nitrogen and oxygen atoms in total. The molecule has 2 aromatic rings. The minimum Gasteiger partial charge on any atom is -0.393 e. The first-order valence-corrected chi connectivity index (χ1v) is 8.30. The van der Waals surface area contributed by atoms with Crippen LogP contribution in [0.4, 0.5) is 0 Å². The topological polar surface area (TPSA) is 62.2 Å². The molecule has 2 rings (SSSR count). The molecule has 1 unspecified atom stereocenters. The lowest BCUT2D eigenvalue weighted by Gasteiger charge is -2.05. The second kappa shape index (κ2) is 6.97. The molecule has 1 atom stereocenters. The smallest absolute Gasteiger partial charge is 0.263 e. The Hall–Kier alpha value is -1.24. The number of rotatable bonds is 6. The molecule has 0 spiro atoms. The zero-order valence-corrected chi connectivity index (χ0v) is 13.2. The third-order valence-electron chi connectivity index (χ3n) is 2.86. The van der Waals surface area contributed by atoms with Gasteiger partial charge in [0, 0.05) is 17.5 Å². The largest absolute Gasteiger partial charge is 0.393 e. The number of nitrogens with zero attached hydrogens (tertiary/aromatic N) is 1. The van der Waals surface area contributed by atoms with Gasteiger partial charge in [-0.3, -0.25) is 4.79 Å². The van der Waals surface area contributed by atoms with Crippen molar-refractivity contribution in [2.24, 2.45) is 0 Å². The van der Waals surface area contributed by atoms with Gasteiger partial charge in [0.15, 0.2) is 0 Å². The van der Waals surface area contributed by atoms with Crippen molar-refractivity contribution in [2.75, 3.05) is 6.54 Å². The van der Waals surface area contributed by atoms with Crippen LogP contribution >= 0.6 is 22.7 Å². The molecular weight excluding hydrogens is 292 g/mol. The number of carbonyl (C=O) groups is 1. The van der Waals surface area contributed by atoms with E-state index in [9.17, 15) is 4.79 Å². The zero-order valence-electron chi connectivity index (χ0n) is 11.5. The summed E-state index contributed by atoms with van der Waals surface area (Å²) in [7, 11) is 0. The number of nitrogens with one attached hydrogen (secondary N) is 1. The quantitative estimate of drug-likeness (QED) is 0.806. The lowest BCUT2D eigenvalue weighted by atomic mass is 10.2. The van der Waals surface area contributed by atoms with E-state index in [2.05, 4.69) is 10.3 Å². The molecule has 1 amide bonds. The van der Waals surface area contributed by atoms with E-state index >= 15 is 0 Å². The average Bonchev–Trinajstić information content (AvgIpc) is 3.02. The Labute approximate surface area is 126 Å². The number of aryl methyl sites for hydroxylation is 1. The highest BCUT2D eigenvalue weighted by atomic mass is 32.1. The number of thiazole rings is 1. The van der Waals surface area contributed by atoms with E-state index in [1.165, 1.54) is 11.3 Å². The van der Waals surface area contributed by atoms with Gasteiger partial charge in [0.1, 0.15) is 9.88 Å². The first-order valence-electron chi connectivity index (χ1n) is 6.54. The molecule has 0 radical (unpaired) electrons. The van der Waals surface area contributed by atoms with E-state index in [-0.39, 0.29) is 12.0 Å². The number of thiophene rings is 1. The van der Waals surface area contributed by atoms with Crippen molar-refractivity contribution in [3.8, 4) is 10.6 Å². The Bertz CT molecular complexity index is 562. The van der Waals surface area contributed by atoms with E-state index in [1.807, 2.05) is 23.8 Å². The molecule has 2 aromatic heterocycles. The van der Waals surface area contributed by atoms with Gasteiger partial charge in [-0.15, -0.1) is 11.3 Å². The summed E-state index contributed by atoms with van der Waals surface area (Å²) in [6, 6.07) is 2.01. The van der Waals surface area contributed by atoms with Gasteiger partial charge < -0.3 is 10.4 Å². The molecular formula is C14H18N2O2S2. The minimum atomic E-state index is -0.317. The monoisotopic (exact) mass is 310 g/mol. The second-order valence-corrected chi connectivity index (χ2v) is 6.47. The summed E-state index contributed by atoms with van der Waals surface area (Å²) < 4.78 is 0. The maximum Gasteiger partial charge on any atom is 0.263 e. The van der Waals surface area contributed by atoms with E-state index in [0.29, 0.717) is 17.8 Å². The van der Waals surface area contributed by atoms with Crippen molar-refractivity contribution >= 4 is 28.6 Å². The van der Waals surface area contributed by atoms with Crippen LogP contribution in [0.1, 0.15) is 35.1 Å². The zero-order chi connectivity index (χ0) is 14.5. The van der Waals surface area contributed by atoms with Crippen LogP contribution in [0, 0.1) is 6.92 Å². The number of aliphatic hydroxyl groups excluding tert-OH is 1. The number of aliphatic hydroxyl groups is 1. The van der Waals surface area contributed by atoms with Gasteiger partial charge in [-0.05, 0) is 38.1 Å². The lowest BCUT2D eigenvalue weighted by molar-refractivity contribution is 0.0953. The standard InChI is InChI=1S/C14H18N2O2S2/c1-9(17)4-3-6-15-13(18)12-10(2)16-14(20-12)11-5-7-19-8-11/h5,7-9,17H,3-4,6H2,1-2H3,(H,15,18). The van der Waals surface area contributed by atoms with Gasteiger partial charge in [0.2, 0.25) is 0 Å². The molecule has 108 valence electrons. The summed E-state index contributed by atoms with van der Waals surface area (Å²) in [6.07, 6.45) is 1.16. The second-order valence-electron chi connectivity index (χ2n) is 4.69. The van der Waals surface area contributed by atoms with Crippen molar-refractivity contribution in [2.45, 2.75) is 32.8 Å². The number of carbonyl (C=O) groups excluding carboxylic acids is 1. The van der Waals surface area contributed by atoms with Crippen LogP contribution in [0.3, 0.4) is 0 Å². The maximum absolute atomic E-state index is 12.1. The van der Waals surface area contributed by atoms with Crippen LogP contribution in [-0.4, -0.2) is 28.6 Å². The van der Waals surface area contributed by atoms with Crippen LogP contribution in [0.25, 0.3) is 10.6 Å². The lowest BCUT2D eigenvalue weighted by Crippen LogP contribution is -2.24. The van der Waals surface area contributed by atoms with Gasteiger partial charge in [-0.1, -0.05) is 0 Å². The van der Waals surface area contributed by atoms with Crippen LogP contribution in [0.5, 0.6) is 0 Å². The highest BCUT2D eigenvalue weighted by molar-refractivity contribution is 7.17. The summed E-state index contributed by atoms with van der Waals surface area (Å²) in [5.74, 6) is -0.0768. The molecule has 0 aliphatic carbocycles. The van der Waals surface area contributed by atoms with Gasteiger partial charge in [0.05, 0.1) is 11.8 Å². The fraction of sp³-hybridized carbons (Fsp3) is 0.429. The molecule has 2 N–H and O–H groups in total. The molecule has 6 heteroatoms. The van der Waals surface area contributed by atoms with Crippen molar-refractivity contribution in [1.29, 1.82) is 0 Å². The minimum absolute atomic E-state index is 0.0768. The summed E-state index contributed by atoms with van der Waals surface area (Å²) in [5, 5.41) is 17.0. The number of aromatic nitrogens is 1. The molecule has 0 saturated heterocycles. The molecule has 2 heterocycles. The summed E-state index contributed by atoms with van der Waals surface area (Å²) in [5.41, 5.74) is 1.83. The van der Waals surface area contributed by atoms with E-state index < -0.39 is 0 Å². The van der Waals surface area contributed by atoms with Crippen LogP contribution in [0.2, 0.25) is 0 Å². The predicted molar refractivity (Wildman–Crippen MR) is 83.4 cm³/mol. The molecule has 0 aromatic carbocycles. The van der Waals surface area contributed by atoms with Crippen molar-refractivity contribution in [1.82, 2.24) is 10.3 Å². The molecule has 0 aliphatic rings. The van der Waals surface area contributed by atoms with Crippen LogP contribution in [0.15, 0.2) is 16.8 Å². The first-order chi connectivity index (χ1) is 9.58. The Morgan fingerprint density at radius 1 is 1.55 bits per heavy atom. The maximum atomic E-state index is 12.1. The Morgan fingerprint density at radius 2 is 2.35 bits per heavy atom. The molecule has 20 heavy (non-hydrogen) atoms. The molecule has 0 fully saturated rings. The SMILES string of the molecule is Cc1nc(-c2ccsc2)sc1C(=O)NCCCC(C)O. The van der Waals surface area contributed by atoms with Crippen molar-refractivity contribution in [3.05, 3.63) is 27.4 Å². The van der Waals surface area contributed by atoms with Gasteiger partial charge in [-0.25, -0.2) is 4.98 Å². The number of hydrogen-bond donors (Lipinski definition) is 2. The van der Waals surface area contributed by atoms with Crippen molar-refractivity contribution < 1.29 is 9.90 Å². The Morgan fingerprint density at radius 3 is 3.00 bits per heavy atom. The highest BCUT2D eigenvalue weighted by Gasteiger charge is 2.15. The van der Waals surface area contributed by atoms with Gasteiger partial charge in [0.25, 0.3) is 5.91 Å². The summed E-state index contributed by atoms with van der Waals surface area (Å²) >= 11 is 3.04. The Kier molecular flexibility index (Phi) is 5.28. The molecule has 0 saturated carbocycles. The highest BCUT2D eigenvalue weighted by Crippen LogP contribution is 2.29. The summed E-state index contributed by atoms with van der Waals surface area (Å²) in [4.78, 5) is 17.2.